The topological polar surface area (TPSA) is 93.2 Å². The summed E-state index contributed by atoms with van der Waals surface area (Å²) in [5, 5.41) is 16.2. The minimum absolute atomic E-state index is 0.232. The number of rotatable bonds is 5. The van der Waals surface area contributed by atoms with E-state index >= 15 is 0 Å². The van der Waals surface area contributed by atoms with Crippen molar-refractivity contribution in [2.24, 2.45) is 7.05 Å². The van der Waals surface area contributed by atoms with Crippen LogP contribution in [-0.4, -0.2) is 33.4 Å². The molecule has 1 unspecified atom stereocenters. The SMILES string of the molecule is CCCC(O)CNC(=O)c1c(N)c(C)nn1C. The molecule has 0 aliphatic rings. The fourth-order valence-corrected chi connectivity index (χ4v) is 1.67. The number of carbonyl (C=O) groups is 1. The molecule has 0 radical (unpaired) electrons. The molecule has 1 aromatic rings. The Kier molecular flexibility index (Phi) is 4.51. The Labute approximate surface area is 101 Å². The summed E-state index contributed by atoms with van der Waals surface area (Å²) >= 11 is 0. The molecule has 17 heavy (non-hydrogen) atoms. The van der Waals surface area contributed by atoms with Crippen LogP contribution in [0.25, 0.3) is 0 Å². The molecule has 6 nitrogen and oxygen atoms in total. The lowest BCUT2D eigenvalue weighted by Crippen LogP contribution is -2.33. The fourth-order valence-electron chi connectivity index (χ4n) is 1.67. The van der Waals surface area contributed by atoms with E-state index in [1.54, 1.807) is 14.0 Å². The highest BCUT2D eigenvalue weighted by Crippen LogP contribution is 2.14. The minimum Gasteiger partial charge on any atom is -0.395 e. The van der Waals surface area contributed by atoms with Gasteiger partial charge in [-0.15, -0.1) is 0 Å². The van der Waals surface area contributed by atoms with Gasteiger partial charge >= 0.3 is 0 Å². The van der Waals surface area contributed by atoms with E-state index in [2.05, 4.69) is 10.4 Å². The van der Waals surface area contributed by atoms with E-state index in [0.717, 1.165) is 6.42 Å². The summed E-state index contributed by atoms with van der Waals surface area (Å²) in [6.45, 7) is 3.96. The molecule has 0 saturated carbocycles. The van der Waals surface area contributed by atoms with Gasteiger partial charge in [-0.1, -0.05) is 13.3 Å². The van der Waals surface area contributed by atoms with Crippen LogP contribution in [0.4, 0.5) is 5.69 Å². The average Bonchev–Trinajstić information content (AvgIpc) is 2.50. The highest BCUT2D eigenvalue weighted by atomic mass is 16.3. The summed E-state index contributed by atoms with van der Waals surface area (Å²) in [4.78, 5) is 11.8. The molecular formula is C11H20N4O2. The third-order valence-corrected chi connectivity index (χ3v) is 2.60. The lowest BCUT2D eigenvalue weighted by atomic mass is 10.2. The van der Waals surface area contributed by atoms with Gasteiger partial charge in [0, 0.05) is 13.6 Å². The monoisotopic (exact) mass is 240 g/mol. The predicted molar refractivity (Wildman–Crippen MR) is 65.6 cm³/mol. The van der Waals surface area contributed by atoms with Gasteiger partial charge in [0.2, 0.25) is 0 Å². The summed E-state index contributed by atoms with van der Waals surface area (Å²) in [6.07, 6.45) is 1.03. The van der Waals surface area contributed by atoms with Crippen molar-refractivity contribution in [3.8, 4) is 0 Å². The molecular weight excluding hydrogens is 220 g/mol. The van der Waals surface area contributed by atoms with E-state index in [1.165, 1.54) is 4.68 Å². The molecule has 1 atom stereocenters. The number of carbonyl (C=O) groups excluding carboxylic acids is 1. The molecule has 96 valence electrons. The maximum absolute atomic E-state index is 11.8. The van der Waals surface area contributed by atoms with Gasteiger partial charge < -0.3 is 16.2 Å². The molecule has 6 heteroatoms. The van der Waals surface area contributed by atoms with Crippen LogP contribution in [0.3, 0.4) is 0 Å². The van der Waals surface area contributed by atoms with Crippen LogP contribution in [0.2, 0.25) is 0 Å². The second kappa shape index (κ2) is 5.67. The van der Waals surface area contributed by atoms with Gasteiger partial charge in [-0.05, 0) is 13.3 Å². The molecule has 0 aliphatic carbocycles. The molecule has 0 spiro atoms. The molecule has 1 amide bonds. The van der Waals surface area contributed by atoms with Gasteiger partial charge in [-0.2, -0.15) is 5.10 Å². The van der Waals surface area contributed by atoms with Crippen LogP contribution in [0.5, 0.6) is 0 Å². The number of aliphatic hydroxyl groups is 1. The van der Waals surface area contributed by atoms with Gasteiger partial charge in [0.15, 0.2) is 0 Å². The first-order chi connectivity index (χ1) is 7.97. The van der Waals surface area contributed by atoms with Crippen molar-refractivity contribution in [1.82, 2.24) is 15.1 Å². The summed E-state index contributed by atoms with van der Waals surface area (Å²) in [6, 6.07) is 0. The molecule has 0 saturated heterocycles. The van der Waals surface area contributed by atoms with Gasteiger partial charge in [-0.3, -0.25) is 9.48 Å². The summed E-state index contributed by atoms with van der Waals surface area (Å²) in [5.41, 5.74) is 7.12. The second-order valence-corrected chi connectivity index (χ2v) is 4.12. The summed E-state index contributed by atoms with van der Waals surface area (Å²) < 4.78 is 1.45. The van der Waals surface area contributed by atoms with E-state index in [0.29, 0.717) is 23.5 Å². The largest absolute Gasteiger partial charge is 0.395 e. The van der Waals surface area contributed by atoms with Gasteiger partial charge in [-0.25, -0.2) is 0 Å². The first-order valence-corrected chi connectivity index (χ1v) is 5.72. The minimum atomic E-state index is -0.514. The number of anilines is 1. The third kappa shape index (κ3) is 3.20. The third-order valence-electron chi connectivity index (χ3n) is 2.60. The predicted octanol–water partition coefficient (Wildman–Crippen LogP) is 0.202. The van der Waals surface area contributed by atoms with Crippen LogP contribution in [-0.2, 0) is 7.05 Å². The number of nitrogens with zero attached hydrogens (tertiary/aromatic N) is 2. The Morgan fingerprint density at radius 1 is 1.65 bits per heavy atom. The van der Waals surface area contributed by atoms with Crippen molar-refractivity contribution in [2.75, 3.05) is 12.3 Å². The summed E-state index contributed by atoms with van der Waals surface area (Å²) in [7, 11) is 1.67. The Morgan fingerprint density at radius 3 is 2.76 bits per heavy atom. The van der Waals surface area contributed by atoms with E-state index in [1.807, 2.05) is 6.92 Å². The number of aromatic nitrogens is 2. The van der Waals surface area contributed by atoms with Crippen molar-refractivity contribution in [1.29, 1.82) is 0 Å². The number of aliphatic hydroxyl groups excluding tert-OH is 1. The molecule has 0 aromatic carbocycles. The Hall–Kier alpha value is -1.56. The number of nitrogen functional groups attached to an aromatic ring is 1. The van der Waals surface area contributed by atoms with E-state index in [9.17, 15) is 9.90 Å². The van der Waals surface area contributed by atoms with Crippen molar-refractivity contribution < 1.29 is 9.90 Å². The lowest BCUT2D eigenvalue weighted by molar-refractivity contribution is 0.0902. The molecule has 1 rings (SSSR count). The van der Waals surface area contributed by atoms with Gasteiger partial charge in [0.25, 0.3) is 5.91 Å². The van der Waals surface area contributed by atoms with Gasteiger partial charge in [0.1, 0.15) is 5.69 Å². The maximum Gasteiger partial charge on any atom is 0.271 e. The quantitative estimate of drug-likeness (QED) is 0.685. The Balaban J connectivity index is 2.64. The van der Waals surface area contributed by atoms with E-state index < -0.39 is 6.10 Å². The number of hydrogen-bond donors (Lipinski definition) is 3. The lowest BCUT2D eigenvalue weighted by Gasteiger charge is -2.11. The number of hydrogen-bond acceptors (Lipinski definition) is 4. The molecule has 4 N–H and O–H groups in total. The van der Waals surface area contributed by atoms with Crippen LogP contribution in [0, 0.1) is 6.92 Å². The molecule has 0 aliphatic heterocycles. The number of nitrogens with two attached hydrogens (primary N) is 1. The van der Waals surface area contributed by atoms with Gasteiger partial charge in [0.05, 0.1) is 17.5 Å². The molecule has 0 bridgehead atoms. The summed E-state index contributed by atoms with van der Waals surface area (Å²) in [5.74, 6) is -0.305. The molecule has 1 aromatic heterocycles. The number of aryl methyl sites for hydroxylation is 2. The Bertz CT molecular complexity index is 400. The van der Waals surface area contributed by atoms with Crippen LogP contribution in [0.15, 0.2) is 0 Å². The highest BCUT2D eigenvalue weighted by molar-refractivity contribution is 5.97. The van der Waals surface area contributed by atoms with Crippen molar-refractivity contribution in [2.45, 2.75) is 32.8 Å². The standard InChI is InChI=1S/C11H20N4O2/c1-4-5-8(16)6-13-11(17)10-9(12)7(2)14-15(10)3/h8,16H,4-6,12H2,1-3H3,(H,13,17). The van der Waals surface area contributed by atoms with Crippen LogP contribution < -0.4 is 11.1 Å². The zero-order valence-electron chi connectivity index (χ0n) is 10.5. The first-order valence-electron chi connectivity index (χ1n) is 5.72. The van der Waals surface area contributed by atoms with Crippen LogP contribution >= 0.6 is 0 Å². The maximum atomic E-state index is 11.8. The first kappa shape index (κ1) is 13.5. The normalized spacial score (nSPS) is 12.5. The second-order valence-electron chi connectivity index (χ2n) is 4.12. The van der Waals surface area contributed by atoms with Crippen molar-refractivity contribution >= 4 is 11.6 Å². The highest BCUT2D eigenvalue weighted by Gasteiger charge is 2.18. The zero-order valence-corrected chi connectivity index (χ0v) is 10.5. The fraction of sp³-hybridized carbons (Fsp3) is 0.636. The van der Waals surface area contributed by atoms with Crippen molar-refractivity contribution in [3.63, 3.8) is 0 Å². The van der Waals surface area contributed by atoms with E-state index in [4.69, 9.17) is 5.73 Å². The number of amides is 1. The number of nitrogens with one attached hydrogen (secondary N) is 1. The van der Waals surface area contributed by atoms with Crippen molar-refractivity contribution in [3.05, 3.63) is 11.4 Å². The molecule has 1 heterocycles. The average molecular weight is 240 g/mol. The molecule has 0 fully saturated rings. The zero-order chi connectivity index (χ0) is 13.0. The van der Waals surface area contributed by atoms with E-state index in [-0.39, 0.29) is 12.5 Å². The Morgan fingerprint density at radius 2 is 2.29 bits per heavy atom. The smallest absolute Gasteiger partial charge is 0.271 e. The van der Waals surface area contributed by atoms with Crippen LogP contribution in [0.1, 0.15) is 35.9 Å².